The van der Waals surface area contributed by atoms with Crippen LogP contribution in [0.1, 0.15) is 10.4 Å². The van der Waals surface area contributed by atoms with Gasteiger partial charge in [0.15, 0.2) is 5.82 Å². The lowest BCUT2D eigenvalue weighted by atomic mass is 10.2. The summed E-state index contributed by atoms with van der Waals surface area (Å²) in [5.41, 5.74) is 5.45. The number of rotatable bonds is 3. The van der Waals surface area contributed by atoms with Crippen LogP contribution in [0.3, 0.4) is 0 Å². The monoisotopic (exact) mass is 310 g/mol. The molecule has 1 aromatic carbocycles. The zero-order valence-corrected chi connectivity index (χ0v) is 10.6. The number of amides is 1. The summed E-state index contributed by atoms with van der Waals surface area (Å²) in [5.74, 6) is -0.878. The second-order valence-electron chi connectivity index (χ2n) is 3.43. The predicted molar refractivity (Wildman–Crippen MR) is 66.9 cm³/mol. The Balaban J connectivity index is 2.21. The molecular formula is C12H8BrFN2O2. The highest BCUT2D eigenvalue weighted by Crippen LogP contribution is 2.24. The van der Waals surface area contributed by atoms with Gasteiger partial charge in [0, 0.05) is 16.2 Å². The highest BCUT2D eigenvalue weighted by atomic mass is 79.9. The minimum atomic E-state index is -0.580. The molecule has 0 aliphatic heterocycles. The smallest absolute Gasteiger partial charge is 0.255 e. The Labute approximate surface area is 111 Å². The van der Waals surface area contributed by atoms with E-state index in [2.05, 4.69) is 20.9 Å². The van der Waals surface area contributed by atoms with Gasteiger partial charge in [0.1, 0.15) is 5.75 Å². The van der Waals surface area contributed by atoms with Crippen LogP contribution in [0.2, 0.25) is 0 Å². The van der Waals surface area contributed by atoms with Gasteiger partial charge >= 0.3 is 0 Å². The number of carbonyl (C=O) groups is 1. The molecule has 1 heterocycles. The lowest BCUT2D eigenvalue weighted by Crippen LogP contribution is -2.10. The van der Waals surface area contributed by atoms with E-state index >= 15 is 0 Å². The van der Waals surface area contributed by atoms with Crippen LogP contribution in [-0.4, -0.2) is 10.9 Å². The molecule has 2 rings (SSSR count). The first-order chi connectivity index (χ1) is 8.56. The van der Waals surface area contributed by atoms with Gasteiger partial charge in [-0.25, -0.2) is 9.37 Å². The van der Waals surface area contributed by atoms with Crippen molar-refractivity contribution in [3.63, 3.8) is 0 Å². The number of halogens is 2. The third-order valence-electron chi connectivity index (χ3n) is 2.13. The fourth-order valence-electron chi connectivity index (χ4n) is 1.28. The summed E-state index contributed by atoms with van der Waals surface area (Å²) >= 11 is 3.10. The van der Waals surface area contributed by atoms with E-state index in [-0.39, 0.29) is 5.88 Å². The van der Waals surface area contributed by atoms with Crippen molar-refractivity contribution in [2.45, 2.75) is 0 Å². The third-order valence-corrected chi connectivity index (χ3v) is 2.56. The van der Waals surface area contributed by atoms with E-state index in [1.54, 1.807) is 0 Å². The Morgan fingerprint density at radius 3 is 2.56 bits per heavy atom. The van der Waals surface area contributed by atoms with Gasteiger partial charge in [-0.05, 0) is 46.3 Å². The Morgan fingerprint density at radius 2 is 2.00 bits per heavy atom. The van der Waals surface area contributed by atoms with Crippen LogP contribution in [0.25, 0.3) is 0 Å². The average Bonchev–Trinajstić information content (AvgIpc) is 2.33. The zero-order valence-electron chi connectivity index (χ0n) is 9.06. The lowest BCUT2D eigenvalue weighted by molar-refractivity contribution is 0.100. The van der Waals surface area contributed by atoms with E-state index in [0.717, 1.165) is 0 Å². The molecule has 92 valence electrons. The fraction of sp³-hybridized carbons (Fsp3) is 0. The van der Waals surface area contributed by atoms with Crippen LogP contribution in [0.15, 0.2) is 41.0 Å². The number of primary amides is 1. The van der Waals surface area contributed by atoms with Gasteiger partial charge in [0.05, 0.1) is 0 Å². The summed E-state index contributed by atoms with van der Waals surface area (Å²) in [6.45, 7) is 0. The number of nitrogens with zero attached hydrogens (tertiary/aromatic N) is 1. The molecule has 0 aliphatic carbocycles. The lowest BCUT2D eigenvalue weighted by Gasteiger charge is -2.06. The summed E-state index contributed by atoms with van der Waals surface area (Å²) in [4.78, 5) is 14.7. The highest BCUT2D eigenvalue weighted by molar-refractivity contribution is 9.10. The Kier molecular flexibility index (Phi) is 3.57. The number of carbonyl (C=O) groups excluding carboxylic acids is 1. The molecule has 0 radical (unpaired) electrons. The maximum atomic E-state index is 13.5. The van der Waals surface area contributed by atoms with Crippen molar-refractivity contribution in [1.29, 1.82) is 0 Å². The summed E-state index contributed by atoms with van der Waals surface area (Å²) in [6, 6.07) is 7.27. The SMILES string of the molecule is NC(=O)c1ccc(Oc2ncc(Br)cc2F)cc1. The summed E-state index contributed by atoms with van der Waals surface area (Å²) in [5, 5.41) is 0. The number of aromatic nitrogens is 1. The van der Waals surface area contributed by atoms with Gasteiger partial charge < -0.3 is 10.5 Å². The van der Waals surface area contributed by atoms with Crippen molar-refractivity contribution in [3.8, 4) is 11.6 Å². The van der Waals surface area contributed by atoms with Gasteiger partial charge in [-0.3, -0.25) is 4.79 Å². The fourth-order valence-corrected chi connectivity index (χ4v) is 1.58. The summed E-state index contributed by atoms with van der Waals surface area (Å²) in [7, 11) is 0. The summed E-state index contributed by atoms with van der Waals surface area (Å²) in [6.07, 6.45) is 1.43. The number of nitrogens with two attached hydrogens (primary N) is 1. The minimum Gasteiger partial charge on any atom is -0.436 e. The van der Waals surface area contributed by atoms with Crippen molar-refractivity contribution in [2.24, 2.45) is 5.73 Å². The van der Waals surface area contributed by atoms with Crippen LogP contribution in [-0.2, 0) is 0 Å². The van der Waals surface area contributed by atoms with Crippen molar-refractivity contribution in [3.05, 3.63) is 52.4 Å². The highest BCUT2D eigenvalue weighted by Gasteiger charge is 2.07. The molecule has 0 fully saturated rings. The first-order valence-electron chi connectivity index (χ1n) is 4.95. The number of pyridine rings is 1. The van der Waals surface area contributed by atoms with Crippen LogP contribution in [0, 0.1) is 5.82 Å². The zero-order chi connectivity index (χ0) is 13.1. The van der Waals surface area contributed by atoms with Crippen LogP contribution < -0.4 is 10.5 Å². The standard InChI is InChI=1S/C12H8BrFN2O2/c13-8-5-10(14)12(16-6-8)18-9-3-1-7(2-4-9)11(15)17/h1-6H,(H2,15,17). The second-order valence-corrected chi connectivity index (χ2v) is 4.35. The molecule has 0 unspecified atom stereocenters. The third kappa shape index (κ3) is 2.84. The number of hydrogen-bond donors (Lipinski definition) is 1. The molecule has 1 aromatic heterocycles. The Morgan fingerprint density at radius 1 is 1.33 bits per heavy atom. The predicted octanol–water partition coefficient (Wildman–Crippen LogP) is 2.87. The molecule has 2 aromatic rings. The molecule has 0 atom stereocenters. The molecule has 18 heavy (non-hydrogen) atoms. The molecule has 0 aliphatic rings. The van der Waals surface area contributed by atoms with E-state index < -0.39 is 11.7 Å². The molecule has 0 saturated heterocycles. The number of hydrogen-bond acceptors (Lipinski definition) is 3. The van der Waals surface area contributed by atoms with Crippen LogP contribution >= 0.6 is 15.9 Å². The maximum absolute atomic E-state index is 13.5. The second kappa shape index (κ2) is 5.14. The van der Waals surface area contributed by atoms with Gasteiger partial charge in [-0.15, -0.1) is 0 Å². The van der Waals surface area contributed by atoms with E-state index in [4.69, 9.17) is 10.5 Å². The van der Waals surface area contributed by atoms with Crippen molar-refractivity contribution in [1.82, 2.24) is 4.98 Å². The molecular weight excluding hydrogens is 303 g/mol. The van der Waals surface area contributed by atoms with Crippen molar-refractivity contribution >= 4 is 21.8 Å². The molecule has 6 heteroatoms. The van der Waals surface area contributed by atoms with E-state index in [0.29, 0.717) is 15.8 Å². The average molecular weight is 311 g/mol. The molecule has 0 saturated carbocycles. The molecule has 1 amide bonds. The van der Waals surface area contributed by atoms with Gasteiger partial charge in [-0.2, -0.15) is 0 Å². The molecule has 2 N–H and O–H groups in total. The van der Waals surface area contributed by atoms with Gasteiger partial charge in [0.25, 0.3) is 5.88 Å². The van der Waals surface area contributed by atoms with E-state index in [1.165, 1.54) is 36.5 Å². The largest absolute Gasteiger partial charge is 0.436 e. The Bertz CT molecular complexity index is 587. The normalized spacial score (nSPS) is 10.1. The quantitative estimate of drug-likeness (QED) is 0.948. The maximum Gasteiger partial charge on any atom is 0.255 e. The minimum absolute atomic E-state index is 0.134. The van der Waals surface area contributed by atoms with E-state index in [9.17, 15) is 9.18 Å². The topological polar surface area (TPSA) is 65.2 Å². The van der Waals surface area contributed by atoms with Crippen molar-refractivity contribution in [2.75, 3.05) is 0 Å². The Hall–Kier alpha value is -1.95. The molecule has 4 nitrogen and oxygen atoms in total. The number of ether oxygens (including phenoxy) is 1. The molecule has 0 spiro atoms. The first-order valence-corrected chi connectivity index (χ1v) is 5.74. The van der Waals surface area contributed by atoms with Crippen LogP contribution in [0.4, 0.5) is 4.39 Å². The summed E-state index contributed by atoms with van der Waals surface area (Å²) < 4.78 is 19.2. The van der Waals surface area contributed by atoms with Crippen LogP contribution in [0.5, 0.6) is 11.6 Å². The van der Waals surface area contributed by atoms with Gasteiger partial charge in [-0.1, -0.05) is 0 Å². The van der Waals surface area contributed by atoms with Gasteiger partial charge in [0.2, 0.25) is 5.91 Å². The molecule has 0 bridgehead atoms. The van der Waals surface area contributed by atoms with Crippen molar-refractivity contribution < 1.29 is 13.9 Å². The first kappa shape index (κ1) is 12.5. The van der Waals surface area contributed by atoms with E-state index in [1.807, 2.05) is 0 Å². The number of benzene rings is 1.